The van der Waals surface area contributed by atoms with E-state index in [1.165, 1.54) is 0 Å². The van der Waals surface area contributed by atoms with Crippen LogP contribution in [0.25, 0.3) is 0 Å². The number of rotatable bonds is 5. The normalized spacial score (nSPS) is 13.2. The van der Waals surface area contributed by atoms with E-state index in [0.717, 1.165) is 0 Å². The summed E-state index contributed by atoms with van der Waals surface area (Å²) < 4.78 is 0. The number of carboxylic acids is 1. The number of amides is 2. The number of carbonyl (C=O) groups is 2. The maximum Gasteiger partial charge on any atom is 0.330 e. The van der Waals surface area contributed by atoms with Gasteiger partial charge in [-0.1, -0.05) is 36.4 Å². The van der Waals surface area contributed by atoms with Crippen molar-refractivity contribution < 1.29 is 14.7 Å². The van der Waals surface area contributed by atoms with E-state index in [2.05, 4.69) is 17.2 Å². The summed E-state index contributed by atoms with van der Waals surface area (Å²) in [6.45, 7) is 5.27. The van der Waals surface area contributed by atoms with Gasteiger partial charge in [0.25, 0.3) is 0 Å². The van der Waals surface area contributed by atoms with Gasteiger partial charge in [0.2, 0.25) is 0 Å². The lowest BCUT2D eigenvalue weighted by atomic mass is 10.1. The SMILES string of the molecule is C=CC(C)NC(=O)NC(C(=O)O)c1ccccc1. The largest absolute Gasteiger partial charge is 0.479 e. The lowest BCUT2D eigenvalue weighted by Crippen LogP contribution is -2.43. The summed E-state index contributed by atoms with van der Waals surface area (Å²) in [7, 11) is 0. The monoisotopic (exact) mass is 248 g/mol. The van der Waals surface area contributed by atoms with Crippen molar-refractivity contribution in [2.45, 2.75) is 19.0 Å². The molecule has 0 spiro atoms. The summed E-state index contributed by atoms with van der Waals surface area (Å²) in [6, 6.07) is 6.68. The van der Waals surface area contributed by atoms with Gasteiger partial charge in [0.1, 0.15) is 0 Å². The molecule has 1 rings (SSSR count). The first-order valence-corrected chi connectivity index (χ1v) is 5.52. The van der Waals surface area contributed by atoms with Crippen LogP contribution in [0.3, 0.4) is 0 Å². The van der Waals surface area contributed by atoms with Crippen molar-refractivity contribution >= 4 is 12.0 Å². The van der Waals surface area contributed by atoms with Crippen LogP contribution in [0.4, 0.5) is 4.79 Å². The molecule has 0 aromatic heterocycles. The number of carbonyl (C=O) groups excluding carboxylic acids is 1. The van der Waals surface area contributed by atoms with Gasteiger partial charge < -0.3 is 15.7 Å². The first kappa shape index (κ1) is 13.8. The van der Waals surface area contributed by atoms with Crippen molar-refractivity contribution in [1.82, 2.24) is 10.6 Å². The van der Waals surface area contributed by atoms with Gasteiger partial charge in [0.05, 0.1) is 0 Å². The van der Waals surface area contributed by atoms with Crippen LogP contribution in [-0.4, -0.2) is 23.1 Å². The molecule has 0 aliphatic rings. The fraction of sp³-hybridized carbons (Fsp3) is 0.231. The van der Waals surface area contributed by atoms with Crippen LogP contribution in [0.15, 0.2) is 43.0 Å². The van der Waals surface area contributed by atoms with Crippen molar-refractivity contribution in [3.63, 3.8) is 0 Å². The fourth-order valence-electron chi connectivity index (χ4n) is 1.37. The van der Waals surface area contributed by atoms with Crippen LogP contribution >= 0.6 is 0 Å². The standard InChI is InChI=1S/C13H16N2O3/c1-3-9(2)14-13(18)15-11(12(16)17)10-7-5-4-6-8-10/h3-9,11H,1H2,2H3,(H,16,17)(H2,14,15,18). The van der Waals surface area contributed by atoms with Crippen molar-refractivity contribution in [2.24, 2.45) is 0 Å². The van der Waals surface area contributed by atoms with Crippen molar-refractivity contribution in [2.75, 3.05) is 0 Å². The van der Waals surface area contributed by atoms with Crippen molar-refractivity contribution in [1.29, 1.82) is 0 Å². The first-order valence-electron chi connectivity index (χ1n) is 5.52. The molecule has 0 aliphatic carbocycles. The number of hydrogen-bond acceptors (Lipinski definition) is 2. The van der Waals surface area contributed by atoms with E-state index in [1.54, 1.807) is 43.3 Å². The molecule has 18 heavy (non-hydrogen) atoms. The molecule has 0 heterocycles. The molecule has 0 aliphatic heterocycles. The third kappa shape index (κ3) is 3.93. The molecule has 2 amide bonds. The minimum atomic E-state index is -1.11. The van der Waals surface area contributed by atoms with E-state index < -0.39 is 18.0 Å². The van der Waals surface area contributed by atoms with Crippen LogP contribution in [0.1, 0.15) is 18.5 Å². The highest BCUT2D eigenvalue weighted by atomic mass is 16.4. The minimum absolute atomic E-state index is 0.227. The third-order valence-corrected chi connectivity index (χ3v) is 2.37. The Morgan fingerprint density at radius 3 is 2.39 bits per heavy atom. The van der Waals surface area contributed by atoms with Crippen molar-refractivity contribution in [3.05, 3.63) is 48.6 Å². The van der Waals surface area contributed by atoms with Gasteiger partial charge in [-0.25, -0.2) is 9.59 Å². The topological polar surface area (TPSA) is 78.4 Å². The molecule has 5 heteroatoms. The number of urea groups is 1. The second-order valence-electron chi connectivity index (χ2n) is 3.82. The van der Waals surface area contributed by atoms with E-state index in [0.29, 0.717) is 5.56 Å². The molecule has 3 N–H and O–H groups in total. The van der Waals surface area contributed by atoms with Gasteiger partial charge in [0.15, 0.2) is 6.04 Å². The Kier molecular flexibility index (Phi) is 4.92. The molecule has 2 atom stereocenters. The van der Waals surface area contributed by atoms with Crippen molar-refractivity contribution in [3.8, 4) is 0 Å². The Labute approximate surface area is 106 Å². The molecule has 5 nitrogen and oxygen atoms in total. The summed E-state index contributed by atoms with van der Waals surface area (Å²) in [5, 5.41) is 14.1. The molecule has 0 saturated carbocycles. The van der Waals surface area contributed by atoms with Crippen LogP contribution < -0.4 is 10.6 Å². The molecule has 0 bridgehead atoms. The summed E-state index contributed by atoms with van der Waals surface area (Å²) >= 11 is 0. The van der Waals surface area contributed by atoms with Crippen LogP contribution in [0, 0.1) is 0 Å². The Morgan fingerprint density at radius 2 is 1.89 bits per heavy atom. The highest BCUT2D eigenvalue weighted by Gasteiger charge is 2.21. The predicted octanol–water partition coefficient (Wildman–Crippen LogP) is 1.69. The Hall–Kier alpha value is -2.30. The molecule has 96 valence electrons. The van der Waals surface area contributed by atoms with Gasteiger partial charge in [-0.05, 0) is 12.5 Å². The predicted molar refractivity (Wildman–Crippen MR) is 68.1 cm³/mol. The molecule has 2 unspecified atom stereocenters. The summed E-state index contributed by atoms with van der Waals surface area (Å²) in [4.78, 5) is 22.7. The molecule has 0 fully saturated rings. The minimum Gasteiger partial charge on any atom is -0.479 e. The van der Waals surface area contributed by atoms with Crippen LogP contribution in [0.5, 0.6) is 0 Å². The second-order valence-corrected chi connectivity index (χ2v) is 3.82. The maximum atomic E-state index is 11.6. The fourth-order valence-corrected chi connectivity index (χ4v) is 1.37. The number of benzene rings is 1. The molecule has 1 aromatic carbocycles. The Balaban J connectivity index is 2.73. The molecule has 0 radical (unpaired) electrons. The highest BCUT2D eigenvalue weighted by molar-refractivity contribution is 5.83. The Bertz CT molecular complexity index is 431. The van der Waals surface area contributed by atoms with Gasteiger partial charge in [-0.15, -0.1) is 6.58 Å². The quantitative estimate of drug-likeness (QED) is 0.694. The maximum absolute atomic E-state index is 11.6. The molecular formula is C13H16N2O3. The zero-order valence-corrected chi connectivity index (χ0v) is 10.1. The first-order chi connectivity index (χ1) is 8.54. The van der Waals surface area contributed by atoms with E-state index in [1.807, 2.05) is 0 Å². The summed E-state index contributed by atoms with van der Waals surface area (Å²) in [5.41, 5.74) is 0.520. The zero-order chi connectivity index (χ0) is 13.5. The van der Waals surface area contributed by atoms with Crippen LogP contribution in [-0.2, 0) is 4.79 Å². The average Bonchev–Trinajstić information content (AvgIpc) is 2.36. The molecule has 1 aromatic rings. The van der Waals surface area contributed by atoms with Gasteiger partial charge in [0, 0.05) is 6.04 Å². The Morgan fingerprint density at radius 1 is 1.28 bits per heavy atom. The second kappa shape index (κ2) is 6.44. The lowest BCUT2D eigenvalue weighted by molar-refractivity contribution is -0.139. The molecular weight excluding hydrogens is 232 g/mol. The van der Waals surface area contributed by atoms with Gasteiger partial charge in [-0.2, -0.15) is 0 Å². The highest BCUT2D eigenvalue weighted by Crippen LogP contribution is 2.12. The number of hydrogen-bond donors (Lipinski definition) is 3. The zero-order valence-electron chi connectivity index (χ0n) is 10.1. The lowest BCUT2D eigenvalue weighted by Gasteiger charge is -2.17. The molecule has 0 saturated heterocycles. The van der Waals surface area contributed by atoms with E-state index >= 15 is 0 Å². The summed E-state index contributed by atoms with van der Waals surface area (Å²) in [6.07, 6.45) is 1.55. The number of carboxylic acid groups (broad SMARTS) is 1. The van der Waals surface area contributed by atoms with Gasteiger partial charge in [-0.3, -0.25) is 0 Å². The average molecular weight is 248 g/mol. The number of nitrogens with one attached hydrogen (secondary N) is 2. The number of aliphatic carboxylic acids is 1. The van der Waals surface area contributed by atoms with E-state index in [4.69, 9.17) is 5.11 Å². The smallest absolute Gasteiger partial charge is 0.330 e. The van der Waals surface area contributed by atoms with Crippen LogP contribution in [0.2, 0.25) is 0 Å². The van der Waals surface area contributed by atoms with E-state index in [-0.39, 0.29) is 6.04 Å². The summed E-state index contributed by atoms with van der Waals surface area (Å²) in [5.74, 6) is -1.11. The van der Waals surface area contributed by atoms with E-state index in [9.17, 15) is 9.59 Å². The third-order valence-electron chi connectivity index (χ3n) is 2.37. The van der Waals surface area contributed by atoms with Gasteiger partial charge >= 0.3 is 12.0 Å².